The summed E-state index contributed by atoms with van der Waals surface area (Å²) in [6, 6.07) is 7.69. The minimum atomic E-state index is -3.46. The molecule has 1 aromatic carbocycles. The molecule has 0 radical (unpaired) electrons. The highest BCUT2D eigenvalue weighted by atomic mass is 35.7. The maximum absolute atomic E-state index is 10.9. The van der Waals surface area contributed by atoms with E-state index in [0.717, 1.165) is 15.6 Å². The summed E-state index contributed by atoms with van der Waals surface area (Å²) in [4.78, 5) is 0. The molecule has 0 bridgehead atoms. The van der Waals surface area contributed by atoms with E-state index in [2.05, 4.69) is 0 Å². The van der Waals surface area contributed by atoms with Gasteiger partial charge in [-0.15, -0.1) is 11.3 Å². The lowest BCUT2D eigenvalue weighted by atomic mass is 10.2. The second kappa shape index (κ2) is 3.53. The van der Waals surface area contributed by atoms with Crippen molar-refractivity contribution in [1.29, 1.82) is 0 Å². The van der Waals surface area contributed by atoms with Gasteiger partial charge >= 0.3 is 0 Å². The zero-order valence-electron chi connectivity index (χ0n) is 7.10. The molecule has 0 spiro atoms. The van der Waals surface area contributed by atoms with Crippen LogP contribution in [-0.2, 0) is 14.8 Å². The minimum absolute atomic E-state index is 0.0986. The first-order chi connectivity index (χ1) is 6.56. The Morgan fingerprint density at radius 1 is 1.29 bits per heavy atom. The Balaban J connectivity index is 2.54. The fraction of sp³-hybridized carbons (Fsp3) is 0.111. The van der Waals surface area contributed by atoms with E-state index in [1.807, 2.05) is 29.6 Å². The Kier molecular flexibility index (Phi) is 2.51. The van der Waals surface area contributed by atoms with Crippen molar-refractivity contribution in [3.63, 3.8) is 0 Å². The molecule has 1 heterocycles. The number of benzene rings is 1. The van der Waals surface area contributed by atoms with Gasteiger partial charge in [-0.2, -0.15) is 0 Å². The second-order valence-electron chi connectivity index (χ2n) is 2.94. The van der Waals surface area contributed by atoms with Gasteiger partial charge in [-0.25, -0.2) is 8.42 Å². The Bertz CT molecular complexity index is 557. The summed E-state index contributed by atoms with van der Waals surface area (Å²) >= 11 is 1.53. The van der Waals surface area contributed by atoms with Crippen LogP contribution in [0.3, 0.4) is 0 Å². The number of fused-ring (bicyclic) bond motifs is 1. The van der Waals surface area contributed by atoms with Gasteiger partial charge in [-0.1, -0.05) is 18.2 Å². The fourth-order valence-corrected chi connectivity index (χ4v) is 3.36. The van der Waals surface area contributed by atoms with Crippen molar-refractivity contribution in [3.8, 4) is 0 Å². The molecule has 0 aliphatic rings. The van der Waals surface area contributed by atoms with Gasteiger partial charge in [-0.05, 0) is 22.4 Å². The van der Waals surface area contributed by atoms with Crippen LogP contribution in [0, 0.1) is 0 Å². The maximum Gasteiger partial charge on any atom is 0.236 e. The van der Waals surface area contributed by atoms with E-state index in [-0.39, 0.29) is 5.75 Å². The van der Waals surface area contributed by atoms with Crippen molar-refractivity contribution in [2.75, 3.05) is 0 Å². The average Bonchev–Trinajstić information content (AvgIpc) is 2.47. The number of halogens is 1. The minimum Gasteiger partial charge on any atom is -0.212 e. The summed E-state index contributed by atoms with van der Waals surface area (Å²) in [7, 11) is 1.74. The Hall–Kier alpha value is -0.580. The summed E-state index contributed by atoms with van der Waals surface area (Å²) in [5.74, 6) is -0.0986. The molecule has 0 N–H and O–H groups in total. The standard InChI is InChI=1S/C9H7ClO2S2/c10-14(11,12)6-7-5-13-9-4-2-1-3-8(7)9/h1-5H,6H2. The molecule has 0 saturated carbocycles. The lowest BCUT2D eigenvalue weighted by Gasteiger charge is -1.94. The normalized spacial score (nSPS) is 12.1. The largest absolute Gasteiger partial charge is 0.236 e. The summed E-state index contributed by atoms with van der Waals surface area (Å²) in [5, 5.41) is 2.81. The zero-order chi connectivity index (χ0) is 10.2. The first kappa shape index (κ1) is 9.96. The fourth-order valence-electron chi connectivity index (χ4n) is 1.33. The van der Waals surface area contributed by atoms with Gasteiger partial charge in [0.25, 0.3) is 0 Å². The SMILES string of the molecule is O=S(=O)(Cl)Cc1csc2ccccc12. The van der Waals surface area contributed by atoms with E-state index in [4.69, 9.17) is 10.7 Å². The van der Waals surface area contributed by atoms with E-state index in [9.17, 15) is 8.42 Å². The van der Waals surface area contributed by atoms with Gasteiger partial charge in [0.2, 0.25) is 9.05 Å². The molecule has 0 atom stereocenters. The molecule has 1 aromatic heterocycles. The molecule has 0 saturated heterocycles. The Labute approximate surface area is 90.6 Å². The first-order valence-electron chi connectivity index (χ1n) is 3.94. The summed E-state index contributed by atoms with van der Waals surface area (Å²) in [5.41, 5.74) is 0.778. The van der Waals surface area contributed by atoms with Crippen LogP contribution >= 0.6 is 22.0 Å². The third-order valence-corrected chi connectivity index (χ3v) is 3.88. The molecule has 2 aromatic rings. The summed E-state index contributed by atoms with van der Waals surface area (Å²) < 4.78 is 22.9. The van der Waals surface area contributed by atoms with Crippen LogP contribution < -0.4 is 0 Å². The van der Waals surface area contributed by atoms with Crippen molar-refractivity contribution in [3.05, 3.63) is 35.2 Å². The van der Waals surface area contributed by atoms with E-state index in [1.165, 1.54) is 11.3 Å². The van der Waals surface area contributed by atoms with Crippen LogP contribution in [-0.4, -0.2) is 8.42 Å². The highest BCUT2D eigenvalue weighted by Gasteiger charge is 2.11. The summed E-state index contributed by atoms with van der Waals surface area (Å²) in [6.45, 7) is 0. The Morgan fingerprint density at radius 3 is 2.71 bits per heavy atom. The maximum atomic E-state index is 10.9. The smallest absolute Gasteiger partial charge is 0.212 e. The van der Waals surface area contributed by atoms with Crippen LogP contribution in [0.2, 0.25) is 0 Å². The van der Waals surface area contributed by atoms with Crippen LogP contribution in [0.1, 0.15) is 5.56 Å². The lowest BCUT2D eigenvalue weighted by molar-refractivity contribution is 0.609. The highest BCUT2D eigenvalue weighted by Crippen LogP contribution is 2.27. The number of thiophene rings is 1. The molecule has 2 rings (SSSR count). The quantitative estimate of drug-likeness (QED) is 0.764. The van der Waals surface area contributed by atoms with Gasteiger partial charge in [0, 0.05) is 15.4 Å². The summed E-state index contributed by atoms with van der Waals surface area (Å²) in [6.07, 6.45) is 0. The van der Waals surface area contributed by atoms with E-state index in [0.29, 0.717) is 0 Å². The highest BCUT2D eigenvalue weighted by molar-refractivity contribution is 8.13. The van der Waals surface area contributed by atoms with Gasteiger partial charge in [0.1, 0.15) is 0 Å². The van der Waals surface area contributed by atoms with Crippen molar-refractivity contribution < 1.29 is 8.42 Å². The topological polar surface area (TPSA) is 34.1 Å². The van der Waals surface area contributed by atoms with E-state index >= 15 is 0 Å². The van der Waals surface area contributed by atoms with Gasteiger partial charge < -0.3 is 0 Å². The van der Waals surface area contributed by atoms with E-state index in [1.54, 1.807) is 0 Å². The molecule has 14 heavy (non-hydrogen) atoms. The van der Waals surface area contributed by atoms with Crippen LogP contribution in [0.15, 0.2) is 29.6 Å². The zero-order valence-corrected chi connectivity index (χ0v) is 9.49. The molecule has 0 aliphatic heterocycles. The van der Waals surface area contributed by atoms with E-state index < -0.39 is 9.05 Å². The monoisotopic (exact) mass is 246 g/mol. The molecule has 5 heteroatoms. The van der Waals surface area contributed by atoms with Crippen LogP contribution in [0.5, 0.6) is 0 Å². The van der Waals surface area contributed by atoms with Crippen LogP contribution in [0.4, 0.5) is 0 Å². The van der Waals surface area contributed by atoms with Crippen molar-refractivity contribution in [2.24, 2.45) is 0 Å². The molecule has 0 aliphatic carbocycles. The third kappa shape index (κ3) is 2.08. The molecular formula is C9H7ClO2S2. The third-order valence-electron chi connectivity index (χ3n) is 1.89. The number of rotatable bonds is 2. The van der Waals surface area contributed by atoms with Gasteiger partial charge in [0.05, 0.1) is 5.75 Å². The Morgan fingerprint density at radius 2 is 2.00 bits per heavy atom. The first-order valence-corrected chi connectivity index (χ1v) is 7.29. The molecule has 0 amide bonds. The predicted molar refractivity (Wildman–Crippen MR) is 60.3 cm³/mol. The number of hydrogen-bond acceptors (Lipinski definition) is 3. The molecule has 74 valence electrons. The molecule has 0 fully saturated rings. The van der Waals surface area contributed by atoms with Gasteiger partial charge in [0.15, 0.2) is 0 Å². The lowest BCUT2D eigenvalue weighted by Crippen LogP contribution is -1.93. The predicted octanol–water partition coefficient (Wildman–Crippen LogP) is 2.97. The van der Waals surface area contributed by atoms with Crippen molar-refractivity contribution >= 4 is 41.2 Å². The van der Waals surface area contributed by atoms with Crippen LogP contribution in [0.25, 0.3) is 10.1 Å². The number of hydrogen-bond donors (Lipinski definition) is 0. The molecule has 0 unspecified atom stereocenters. The molecule has 2 nitrogen and oxygen atoms in total. The second-order valence-corrected chi connectivity index (χ2v) is 6.63. The average molecular weight is 247 g/mol. The molecular weight excluding hydrogens is 240 g/mol. The van der Waals surface area contributed by atoms with Crippen molar-refractivity contribution in [2.45, 2.75) is 5.75 Å². The van der Waals surface area contributed by atoms with Gasteiger partial charge in [-0.3, -0.25) is 0 Å². The van der Waals surface area contributed by atoms with Crippen molar-refractivity contribution in [1.82, 2.24) is 0 Å².